The fourth-order valence-corrected chi connectivity index (χ4v) is 0.837. The fraction of sp³-hybridized carbons (Fsp3) is 0.556. The van der Waals surface area contributed by atoms with E-state index in [-0.39, 0.29) is 5.91 Å². The molecule has 0 aliphatic carbocycles. The summed E-state index contributed by atoms with van der Waals surface area (Å²) < 4.78 is 1.68. The maximum absolute atomic E-state index is 10.8. The van der Waals surface area contributed by atoms with Crippen molar-refractivity contribution < 1.29 is 4.79 Å². The molecule has 0 bridgehead atoms. The smallest absolute Gasteiger partial charge is 0.224 e. The molecule has 0 saturated heterocycles. The van der Waals surface area contributed by atoms with E-state index >= 15 is 0 Å². The summed E-state index contributed by atoms with van der Waals surface area (Å²) in [7, 11) is 3.45. The first kappa shape index (κ1) is 11.7. The zero-order valence-electron chi connectivity index (χ0n) is 8.66. The molecule has 13 heavy (non-hydrogen) atoms. The zero-order chi connectivity index (χ0) is 10.3. The van der Waals surface area contributed by atoms with Gasteiger partial charge in [-0.15, -0.1) is 0 Å². The first-order valence-electron chi connectivity index (χ1n) is 4.40. The molecule has 0 atom stereocenters. The number of aryl methyl sites for hydroxylation is 1. The first-order valence-corrected chi connectivity index (χ1v) is 4.40. The second-order valence-corrected chi connectivity index (χ2v) is 2.37. The lowest BCUT2D eigenvalue weighted by Gasteiger charge is -1.93. The normalized spacial score (nSPS) is 8.62. The van der Waals surface area contributed by atoms with Crippen molar-refractivity contribution in [2.75, 3.05) is 7.05 Å². The summed E-state index contributed by atoms with van der Waals surface area (Å²) in [5, 5.41) is 6.49. The number of hydrogen-bond acceptors (Lipinski definition) is 2. The molecule has 0 saturated carbocycles. The van der Waals surface area contributed by atoms with Crippen molar-refractivity contribution in [2.45, 2.75) is 20.3 Å². The fourth-order valence-electron chi connectivity index (χ4n) is 0.837. The Bertz CT molecular complexity index is 255. The van der Waals surface area contributed by atoms with E-state index < -0.39 is 0 Å². The van der Waals surface area contributed by atoms with Crippen molar-refractivity contribution in [3.8, 4) is 0 Å². The van der Waals surface area contributed by atoms with Crippen LogP contribution in [-0.4, -0.2) is 22.7 Å². The Balaban J connectivity index is 0.000000671. The number of rotatable bonds is 2. The molecule has 4 nitrogen and oxygen atoms in total. The molecular formula is C9H17N3O. The number of carbonyl (C=O) groups excluding carboxylic acids is 1. The third kappa shape index (κ3) is 4.30. The van der Waals surface area contributed by atoms with E-state index in [0.717, 1.165) is 5.56 Å². The summed E-state index contributed by atoms with van der Waals surface area (Å²) >= 11 is 0. The molecule has 0 unspecified atom stereocenters. The van der Waals surface area contributed by atoms with E-state index in [2.05, 4.69) is 10.4 Å². The Hall–Kier alpha value is -1.32. The summed E-state index contributed by atoms with van der Waals surface area (Å²) in [5.41, 5.74) is 0.937. The molecule has 1 aromatic rings. The van der Waals surface area contributed by atoms with Crippen molar-refractivity contribution in [2.24, 2.45) is 7.05 Å². The molecule has 1 aromatic heterocycles. The molecule has 1 N–H and O–H groups in total. The van der Waals surface area contributed by atoms with E-state index in [4.69, 9.17) is 0 Å². The Labute approximate surface area is 78.9 Å². The number of amides is 1. The van der Waals surface area contributed by atoms with E-state index in [1.807, 2.05) is 27.1 Å². The van der Waals surface area contributed by atoms with Crippen LogP contribution in [0.25, 0.3) is 0 Å². The molecule has 1 heterocycles. The van der Waals surface area contributed by atoms with Crippen LogP contribution in [0, 0.1) is 0 Å². The first-order chi connectivity index (χ1) is 6.22. The predicted molar refractivity (Wildman–Crippen MR) is 52.3 cm³/mol. The quantitative estimate of drug-likeness (QED) is 0.735. The van der Waals surface area contributed by atoms with Gasteiger partial charge in [0.25, 0.3) is 0 Å². The molecule has 1 rings (SSSR count). The van der Waals surface area contributed by atoms with Crippen LogP contribution in [0.2, 0.25) is 0 Å². The second kappa shape index (κ2) is 6.22. The molecule has 0 aliphatic rings. The minimum absolute atomic E-state index is 0.0120. The zero-order valence-corrected chi connectivity index (χ0v) is 8.66. The Morgan fingerprint density at radius 1 is 1.62 bits per heavy atom. The van der Waals surface area contributed by atoms with Gasteiger partial charge in [0.1, 0.15) is 0 Å². The monoisotopic (exact) mass is 183 g/mol. The summed E-state index contributed by atoms with van der Waals surface area (Å²) in [4.78, 5) is 10.8. The Morgan fingerprint density at radius 3 is 2.62 bits per heavy atom. The van der Waals surface area contributed by atoms with Gasteiger partial charge in [-0.1, -0.05) is 13.8 Å². The topological polar surface area (TPSA) is 46.9 Å². The van der Waals surface area contributed by atoms with Crippen LogP contribution >= 0.6 is 0 Å². The molecule has 0 radical (unpaired) electrons. The molecule has 0 fully saturated rings. The summed E-state index contributed by atoms with van der Waals surface area (Å²) in [6.07, 6.45) is 3.93. The van der Waals surface area contributed by atoms with Crippen molar-refractivity contribution >= 4 is 5.91 Å². The van der Waals surface area contributed by atoms with Crippen LogP contribution in [0.3, 0.4) is 0 Å². The molecule has 1 amide bonds. The lowest BCUT2D eigenvalue weighted by molar-refractivity contribution is -0.119. The largest absolute Gasteiger partial charge is 0.359 e. The van der Waals surface area contributed by atoms with Gasteiger partial charge in [-0.2, -0.15) is 5.10 Å². The van der Waals surface area contributed by atoms with Crippen LogP contribution in [0.4, 0.5) is 0 Å². The maximum Gasteiger partial charge on any atom is 0.224 e. The van der Waals surface area contributed by atoms with Gasteiger partial charge >= 0.3 is 0 Å². The summed E-state index contributed by atoms with van der Waals surface area (Å²) in [6, 6.07) is 0. The van der Waals surface area contributed by atoms with Crippen molar-refractivity contribution in [3.63, 3.8) is 0 Å². The van der Waals surface area contributed by atoms with Gasteiger partial charge in [-0.05, 0) is 5.56 Å². The van der Waals surface area contributed by atoms with E-state index in [1.165, 1.54) is 0 Å². The van der Waals surface area contributed by atoms with E-state index in [1.54, 1.807) is 17.9 Å². The van der Waals surface area contributed by atoms with Gasteiger partial charge in [0.05, 0.1) is 12.6 Å². The van der Waals surface area contributed by atoms with Crippen LogP contribution < -0.4 is 5.32 Å². The van der Waals surface area contributed by atoms with E-state index in [0.29, 0.717) is 6.42 Å². The molecule has 4 heteroatoms. The average Bonchev–Trinajstić information content (AvgIpc) is 2.54. The van der Waals surface area contributed by atoms with Gasteiger partial charge in [-0.3, -0.25) is 9.48 Å². The standard InChI is InChI=1S/C7H11N3O.C2H6/c1-8-7(11)3-6-4-9-10(2)5-6;1-2/h4-5H,3H2,1-2H3,(H,8,11);1-2H3. The van der Waals surface area contributed by atoms with Gasteiger partial charge in [0, 0.05) is 20.3 Å². The lowest BCUT2D eigenvalue weighted by atomic mass is 10.2. The number of carbonyl (C=O) groups is 1. The van der Waals surface area contributed by atoms with Crippen LogP contribution in [0.1, 0.15) is 19.4 Å². The molecule has 74 valence electrons. The Kier molecular flexibility index (Phi) is 5.59. The van der Waals surface area contributed by atoms with Crippen LogP contribution in [-0.2, 0) is 18.3 Å². The van der Waals surface area contributed by atoms with Crippen molar-refractivity contribution in [1.29, 1.82) is 0 Å². The molecule has 0 aliphatic heterocycles. The van der Waals surface area contributed by atoms with Gasteiger partial charge in [0.15, 0.2) is 0 Å². The van der Waals surface area contributed by atoms with Gasteiger partial charge in [0.2, 0.25) is 5.91 Å². The highest BCUT2D eigenvalue weighted by Crippen LogP contribution is 1.96. The van der Waals surface area contributed by atoms with Crippen molar-refractivity contribution in [3.05, 3.63) is 18.0 Å². The SMILES string of the molecule is CC.CNC(=O)Cc1cnn(C)c1. The third-order valence-corrected chi connectivity index (χ3v) is 1.40. The lowest BCUT2D eigenvalue weighted by Crippen LogP contribution is -2.19. The highest BCUT2D eigenvalue weighted by molar-refractivity contribution is 5.77. The summed E-state index contributed by atoms with van der Waals surface area (Å²) in [5.74, 6) is 0.0120. The minimum atomic E-state index is 0.0120. The van der Waals surface area contributed by atoms with Crippen LogP contribution in [0.5, 0.6) is 0 Å². The minimum Gasteiger partial charge on any atom is -0.359 e. The molecular weight excluding hydrogens is 166 g/mol. The predicted octanol–water partition coefficient (Wildman–Crippen LogP) is 0.735. The highest BCUT2D eigenvalue weighted by Gasteiger charge is 2.01. The number of nitrogens with one attached hydrogen (secondary N) is 1. The number of hydrogen-bond donors (Lipinski definition) is 1. The summed E-state index contributed by atoms with van der Waals surface area (Å²) in [6.45, 7) is 4.00. The van der Waals surface area contributed by atoms with Crippen LogP contribution in [0.15, 0.2) is 12.4 Å². The van der Waals surface area contributed by atoms with E-state index in [9.17, 15) is 4.79 Å². The number of likely N-dealkylation sites (N-methyl/N-ethyl adjacent to an activating group) is 1. The van der Waals surface area contributed by atoms with Gasteiger partial charge < -0.3 is 5.32 Å². The molecule has 0 aromatic carbocycles. The third-order valence-electron chi connectivity index (χ3n) is 1.40. The maximum atomic E-state index is 10.8. The van der Waals surface area contributed by atoms with Gasteiger partial charge in [-0.25, -0.2) is 0 Å². The average molecular weight is 183 g/mol. The second-order valence-electron chi connectivity index (χ2n) is 2.37. The van der Waals surface area contributed by atoms with Crippen molar-refractivity contribution in [1.82, 2.24) is 15.1 Å². The number of nitrogens with zero attached hydrogens (tertiary/aromatic N) is 2. The number of aromatic nitrogens is 2. The Morgan fingerprint density at radius 2 is 2.23 bits per heavy atom. The highest BCUT2D eigenvalue weighted by atomic mass is 16.1. The molecule has 0 spiro atoms.